The van der Waals surface area contributed by atoms with Gasteiger partial charge in [-0.15, -0.1) is 0 Å². The van der Waals surface area contributed by atoms with Crippen LogP contribution < -0.4 is 0 Å². The molecule has 0 aromatic heterocycles. The van der Waals surface area contributed by atoms with Gasteiger partial charge in [0.15, 0.2) is 5.78 Å². The van der Waals surface area contributed by atoms with E-state index in [1.807, 2.05) is 18.2 Å². The number of aliphatic carboxylic acids is 1. The first-order chi connectivity index (χ1) is 15.2. The summed E-state index contributed by atoms with van der Waals surface area (Å²) in [5.74, 6) is -1.64. The molecule has 0 amide bonds. The molecule has 1 aliphatic rings. The Morgan fingerprint density at radius 1 is 1.00 bits per heavy atom. The Labute approximate surface area is 191 Å². The molecule has 1 rings (SSSR count). The summed E-state index contributed by atoms with van der Waals surface area (Å²) in [5, 5.41) is 8.74. The Balaban J connectivity index is 2.92. The standard InChI is InChI=1S/C25H38O7/c1-4-5-8-11-21(28)14-15-22-20(17-31-18(2)26)16-24(32-19(3)27)23(22)12-9-6-7-10-13-25(29)30/h6,9,14-15,20,22-24H,4-5,7-8,10-13,16-17H2,1-3H3,(H,29,30)/b9-6-,15-14+/t20-,22-,23+,24?/m0/s1. The molecule has 0 bridgehead atoms. The van der Waals surface area contributed by atoms with Crippen molar-refractivity contribution in [2.24, 2.45) is 17.8 Å². The molecule has 0 radical (unpaired) electrons. The number of carboxylic acid groups (broad SMARTS) is 1. The summed E-state index contributed by atoms with van der Waals surface area (Å²) in [6.45, 7) is 5.04. The number of ether oxygens (including phenoxy) is 2. The maximum absolute atomic E-state index is 12.3. The average Bonchev–Trinajstić information content (AvgIpc) is 3.03. The zero-order valence-electron chi connectivity index (χ0n) is 19.6. The number of esters is 2. The van der Waals surface area contributed by atoms with Gasteiger partial charge in [-0.2, -0.15) is 0 Å². The van der Waals surface area contributed by atoms with Crippen molar-refractivity contribution in [2.75, 3.05) is 6.61 Å². The van der Waals surface area contributed by atoms with E-state index in [1.165, 1.54) is 13.8 Å². The van der Waals surface area contributed by atoms with Crippen molar-refractivity contribution < 1.29 is 33.8 Å². The number of hydrogen-bond donors (Lipinski definition) is 1. The minimum absolute atomic E-state index is 0.0464. The lowest BCUT2D eigenvalue weighted by molar-refractivity contribution is -0.149. The number of allylic oxidation sites excluding steroid dienone is 4. The number of carbonyl (C=O) groups excluding carboxylic acids is 3. The van der Waals surface area contributed by atoms with Crippen molar-refractivity contribution >= 4 is 23.7 Å². The van der Waals surface area contributed by atoms with Gasteiger partial charge in [-0.3, -0.25) is 19.2 Å². The number of hydrogen-bond acceptors (Lipinski definition) is 6. The first-order valence-corrected chi connectivity index (χ1v) is 11.6. The molecule has 180 valence electrons. The smallest absolute Gasteiger partial charge is 0.303 e. The van der Waals surface area contributed by atoms with Crippen LogP contribution in [0.2, 0.25) is 0 Å². The molecule has 1 N–H and O–H groups in total. The zero-order valence-corrected chi connectivity index (χ0v) is 19.6. The molecule has 7 heteroatoms. The lowest BCUT2D eigenvalue weighted by Crippen LogP contribution is -2.24. The third-order valence-electron chi connectivity index (χ3n) is 5.74. The van der Waals surface area contributed by atoms with Crippen LogP contribution >= 0.6 is 0 Å². The Morgan fingerprint density at radius 2 is 1.75 bits per heavy atom. The molecule has 1 unspecified atom stereocenters. The van der Waals surface area contributed by atoms with E-state index in [2.05, 4.69) is 6.92 Å². The molecule has 0 aliphatic heterocycles. The second-order valence-corrected chi connectivity index (χ2v) is 8.46. The van der Waals surface area contributed by atoms with Crippen LogP contribution in [-0.2, 0) is 28.7 Å². The SMILES string of the molecule is CCCCCC(=O)/C=C/[C@H]1[C@H](COC(C)=O)CC(OC(C)=O)[C@@H]1C/C=C\CCCC(=O)O. The monoisotopic (exact) mass is 450 g/mol. The van der Waals surface area contributed by atoms with E-state index in [-0.39, 0.29) is 54.6 Å². The van der Waals surface area contributed by atoms with E-state index < -0.39 is 5.97 Å². The van der Waals surface area contributed by atoms with Gasteiger partial charge in [0.2, 0.25) is 0 Å². The molecular weight excluding hydrogens is 412 g/mol. The van der Waals surface area contributed by atoms with Gasteiger partial charge in [-0.1, -0.05) is 38.0 Å². The predicted molar refractivity (Wildman–Crippen MR) is 121 cm³/mol. The highest BCUT2D eigenvalue weighted by atomic mass is 16.5. The Morgan fingerprint density at radius 3 is 2.38 bits per heavy atom. The molecule has 32 heavy (non-hydrogen) atoms. The van der Waals surface area contributed by atoms with E-state index in [4.69, 9.17) is 14.6 Å². The van der Waals surface area contributed by atoms with Gasteiger partial charge in [0.1, 0.15) is 6.10 Å². The third-order valence-corrected chi connectivity index (χ3v) is 5.74. The highest BCUT2D eigenvalue weighted by molar-refractivity contribution is 5.89. The van der Waals surface area contributed by atoms with Gasteiger partial charge < -0.3 is 14.6 Å². The maximum Gasteiger partial charge on any atom is 0.303 e. The van der Waals surface area contributed by atoms with Crippen LogP contribution in [0.4, 0.5) is 0 Å². The molecular formula is C25H38O7. The number of rotatable bonds is 15. The quantitative estimate of drug-likeness (QED) is 0.168. The number of carbonyl (C=O) groups is 4. The van der Waals surface area contributed by atoms with Gasteiger partial charge in [-0.05, 0) is 44.1 Å². The lowest BCUT2D eigenvalue weighted by atomic mass is 9.86. The molecule has 0 saturated heterocycles. The van der Waals surface area contributed by atoms with Crippen molar-refractivity contribution in [1.29, 1.82) is 0 Å². The maximum atomic E-state index is 12.3. The molecule has 0 heterocycles. The molecule has 1 fully saturated rings. The summed E-state index contributed by atoms with van der Waals surface area (Å²) in [6, 6.07) is 0. The molecule has 4 atom stereocenters. The minimum Gasteiger partial charge on any atom is -0.481 e. The predicted octanol–water partition coefficient (Wildman–Crippen LogP) is 4.64. The summed E-state index contributed by atoms with van der Waals surface area (Å²) in [5.41, 5.74) is 0. The van der Waals surface area contributed by atoms with Crippen LogP contribution in [-0.4, -0.2) is 41.5 Å². The van der Waals surface area contributed by atoms with Crippen molar-refractivity contribution in [1.82, 2.24) is 0 Å². The number of unbranched alkanes of at least 4 members (excludes halogenated alkanes) is 3. The zero-order chi connectivity index (χ0) is 23.9. The molecule has 0 spiro atoms. The van der Waals surface area contributed by atoms with Crippen LogP contribution in [0.3, 0.4) is 0 Å². The van der Waals surface area contributed by atoms with Gasteiger partial charge in [0.05, 0.1) is 6.61 Å². The molecule has 1 aliphatic carbocycles. The fourth-order valence-electron chi connectivity index (χ4n) is 4.18. The van der Waals surface area contributed by atoms with Crippen molar-refractivity contribution in [3.8, 4) is 0 Å². The lowest BCUT2D eigenvalue weighted by Gasteiger charge is -2.23. The fourth-order valence-corrected chi connectivity index (χ4v) is 4.18. The Hall–Kier alpha value is -2.44. The molecule has 0 aromatic carbocycles. The van der Waals surface area contributed by atoms with Crippen LogP contribution in [0.25, 0.3) is 0 Å². The summed E-state index contributed by atoms with van der Waals surface area (Å²) < 4.78 is 10.8. The van der Waals surface area contributed by atoms with E-state index in [1.54, 1.807) is 6.08 Å². The summed E-state index contributed by atoms with van der Waals surface area (Å²) in [4.78, 5) is 45.9. The fraction of sp³-hybridized carbons (Fsp3) is 0.680. The second-order valence-electron chi connectivity index (χ2n) is 8.46. The Bertz CT molecular complexity index is 680. The van der Waals surface area contributed by atoms with E-state index >= 15 is 0 Å². The summed E-state index contributed by atoms with van der Waals surface area (Å²) >= 11 is 0. The van der Waals surface area contributed by atoms with Crippen molar-refractivity contribution in [3.05, 3.63) is 24.3 Å². The third kappa shape index (κ3) is 11.3. The highest BCUT2D eigenvalue weighted by Crippen LogP contribution is 2.42. The van der Waals surface area contributed by atoms with E-state index in [9.17, 15) is 19.2 Å². The van der Waals surface area contributed by atoms with Crippen LogP contribution in [0.1, 0.15) is 78.6 Å². The normalized spacial score (nSPS) is 23.0. The largest absolute Gasteiger partial charge is 0.481 e. The van der Waals surface area contributed by atoms with Gasteiger partial charge in [-0.25, -0.2) is 0 Å². The molecule has 0 aromatic rings. The number of carboxylic acids is 1. The van der Waals surface area contributed by atoms with E-state index in [0.717, 1.165) is 19.3 Å². The van der Waals surface area contributed by atoms with Crippen LogP contribution in [0.15, 0.2) is 24.3 Å². The molecule has 1 saturated carbocycles. The van der Waals surface area contributed by atoms with Gasteiger partial charge in [0.25, 0.3) is 0 Å². The minimum atomic E-state index is -0.814. The van der Waals surface area contributed by atoms with E-state index in [0.29, 0.717) is 32.1 Å². The number of ketones is 1. The van der Waals surface area contributed by atoms with Crippen LogP contribution in [0.5, 0.6) is 0 Å². The van der Waals surface area contributed by atoms with Gasteiger partial charge >= 0.3 is 17.9 Å². The first-order valence-electron chi connectivity index (χ1n) is 11.6. The highest BCUT2D eigenvalue weighted by Gasteiger charge is 2.43. The topological polar surface area (TPSA) is 107 Å². The van der Waals surface area contributed by atoms with Gasteiger partial charge in [0, 0.05) is 38.5 Å². The summed E-state index contributed by atoms with van der Waals surface area (Å²) in [7, 11) is 0. The van der Waals surface area contributed by atoms with Crippen molar-refractivity contribution in [2.45, 2.75) is 84.7 Å². The summed E-state index contributed by atoms with van der Waals surface area (Å²) in [6.07, 6.45) is 13.1. The average molecular weight is 451 g/mol. The first kappa shape index (κ1) is 27.6. The van der Waals surface area contributed by atoms with Crippen LogP contribution in [0, 0.1) is 17.8 Å². The molecule has 7 nitrogen and oxygen atoms in total. The second kappa shape index (κ2) is 15.4. The Kier molecular flexibility index (Phi) is 13.3. The van der Waals surface area contributed by atoms with Crippen molar-refractivity contribution in [3.63, 3.8) is 0 Å².